The molecule has 2 rings (SSSR count). The SMILES string of the molecule is COC1CC(C(=O)O)N(C(=O)c2ccnc(Br)c2)C1. The minimum atomic E-state index is -1.01. The van der Waals surface area contributed by atoms with E-state index in [0.717, 1.165) is 0 Å². The summed E-state index contributed by atoms with van der Waals surface area (Å²) in [6.07, 6.45) is 1.57. The molecule has 1 fully saturated rings. The van der Waals surface area contributed by atoms with E-state index in [0.29, 0.717) is 16.6 Å². The van der Waals surface area contributed by atoms with Gasteiger partial charge in [0.1, 0.15) is 10.6 Å². The van der Waals surface area contributed by atoms with Gasteiger partial charge >= 0.3 is 5.97 Å². The second-order valence-corrected chi connectivity index (χ2v) is 5.08. The van der Waals surface area contributed by atoms with Gasteiger partial charge in [0, 0.05) is 31.8 Å². The van der Waals surface area contributed by atoms with Crippen molar-refractivity contribution in [1.29, 1.82) is 0 Å². The van der Waals surface area contributed by atoms with Crippen molar-refractivity contribution in [3.63, 3.8) is 0 Å². The summed E-state index contributed by atoms with van der Waals surface area (Å²) in [6, 6.07) is 2.29. The van der Waals surface area contributed by atoms with Crippen LogP contribution >= 0.6 is 15.9 Å². The van der Waals surface area contributed by atoms with Gasteiger partial charge < -0.3 is 14.7 Å². The molecule has 6 nitrogen and oxygen atoms in total. The first-order chi connectivity index (χ1) is 9.02. The highest BCUT2D eigenvalue weighted by atomic mass is 79.9. The van der Waals surface area contributed by atoms with Crippen LogP contribution in [0.15, 0.2) is 22.9 Å². The Balaban J connectivity index is 2.24. The third-order valence-corrected chi connectivity index (χ3v) is 3.55. The number of methoxy groups -OCH3 is 1. The molecule has 19 heavy (non-hydrogen) atoms. The molecule has 0 aromatic carbocycles. The molecule has 1 aliphatic rings. The van der Waals surface area contributed by atoms with Crippen molar-refractivity contribution in [3.8, 4) is 0 Å². The molecule has 1 amide bonds. The average Bonchev–Trinajstić information content (AvgIpc) is 2.82. The van der Waals surface area contributed by atoms with E-state index in [4.69, 9.17) is 4.74 Å². The number of halogens is 1. The van der Waals surface area contributed by atoms with Gasteiger partial charge in [0.15, 0.2) is 0 Å². The van der Waals surface area contributed by atoms with Gasteiger partial charge in [0.25, 0.3) is 5.91 Å². The molecule has 0 spiro atoms. The Morgan fingerprint density at radius 3 is 2.89 bits per heavy atom. The van der Waals surface area contributed by atoms with Crippen molar-refractivity contribution in [2.24, 2.45) is 0 Å². The zero-order chi connectivity index (χ0) is 14.0. The van der Waals surface area contributed by atoms with E-state index < -0.39 is 12.0 Å². The number of amides is 1. The molecule has 0 saturated carbocycles. The number of nitrogens with zero attached hydrogens (tertiary/aromatic N) is 2. The number of hydrogen-bond donors (Lipinski definition) is 1. The minimum absolute atomic E-state index is 0.240. The van der Waals surface area contributed by atoms with Crippen molar-refractivity contribution >= 4 is 27.8 Å². The summed E-state index contributed by atoms with van der Waals surface area (Å²) in [7, 11) is 1.51. The monoisotopic (exact) mass is 328 g/mol. The number of ether oxygens (including phenoxy) is 1. The maximum absolute atomic E-state index is 12.3. The number of carboxylic acid groups (broad SMARTS) is 1. The quantitative estimate of drug-likeness (QED) is 0.842. The average molecular weight is 329 g/mol. The molecule has 0 bridgehead atoms. The topological polar surface area (TPSA) is 79.7 Å². The van der Waals surface area contributed by atoms with Gasteiger partial charge in [0.2, 0.25) is 0 Å². The van der Waals surface area contributed by atoms with Crippen LogP contribution in [0, 0.1) is 0 Å². The smallest absolute Gasteiger partial charge is 0.326 e. The van der Waals surface area contributed by atoms with E-state index in [2.05, 4.69) is 20.9 Å². The molecule has 1 saturated heterocycles. The number of pyridine rings is 1. The standard InChI is InChI=1S/C12H13BrN2O4/c1-19-8-5-9(12(17)18)15(6-8)11(16)7-2-3-14-10(13)4-7/h2-4,8-9H,5-6H2,1H3,(H,17,18). The molecule has 2 atom stereocenters. The normalized spacial score (nSPS) is 22.5. The number of carbonyl (C=O) groups is 2. The van der Waals surface area contributed by atoms with Crippen LogP contribution in [0.1, 0.15) is 16.8 Å². The number of likely N-dealkylation sites (tertiary alicyclic amines) is 1. The second kappa shape index (κ2) is 5.66. The van der Waals surface area contributed by atoms with Crippen molar-refractivity contribution < 1.29 is 19.4 Å². The van der Waals surface area contributed by atoms with Crippen LogP contribution in [0.25, 0.3) is 0 Å². The maximum Gasteiger partial charge on any atom is 0.326 e. The Kier molecular flexibility index (Phi) is 4.16. The molecule has 1 aromatic heterocycles. The van der Waals surface area contributed by atoms with Crippen LogP contribution in [0.3, 0.4) is 0 Å². The molecule has 0 radical (unpaired) electrons. The lowest BCUT2D eigenvalue weighted by Crippen LogP contribution is -2.40. The number of aromatic nitrogens is 1. The fourth-order valence-corrected chi connectivity index (χ4v) is 2.49. The molecule has 0 aliphatic carbocycles. The molecule has 1 aromatic rings. The number of aliphatic carboxylic acids is 1. The Labute approximate surface area is 118 Å². The van der Waals surface area contributed by atoms with Gasteiger partial charge in [-0.15, -0.1) is 0 Å². The highest BCUT2D eigenvalue weighted by Crippen LogP contribution is 2.23. The molecule has 1 N–H and O–H groups in total. The van der Waals surface area contributed by atoms with Crippen LogP contribution in [0.2, 0.25) is 0 Å². The van der Waals surface area contributed by atoms with Gasteiger partial charge in [-0.2, -0.15) is 0 Å². The van der Waals surface area contributed by atoms with Crippen LogP contribution in [-0.2, 0) is 9.53 Å². The highest BCUT2D eigenvalue weighted by Gasteiger charge is 2.40. The molecular formula is C12H13BrN2O4. The second-order valence-electron chi connectivity index (χ2n) is 4.27. The zero-order valence-electron chi connectivity index (χ0n) is 10.2. The first-order valence-electron chi connectivity index (χ1n) is 5.71. The zero-order valence-corrected chi connectivity index (χ0v) is 11.8. The van der Waals surface area contributed by atoms with E-state index in [1.807, 2.05) is 0 Å². The fraction of sp³-hybridized carbons (Fsp3) is 0.417. The fourth-order valence-electron chi connectivity index (χ4n) is 2.13. The van der Waals surface area contributed by atoms with Gasteiger partial charge in [-0.3, -0.25) is 4.79 Å². The van der Waals surface area contributed by atoms with E-state index >= 15 is 0 Å². The Bertz CT molecular complexity index is 508. The van der Waals surface area contributed by atoms with E-state index in [-0.39, 0.29) is 18.6 Å². The first-order valence-corrected chi connectivity index (χ1v) is 6.50. The van der Waals surface area contributed by atoms with Gasteiger partial charge in [-0.25, -0.2) is 9.78 Å². The molecule has 2 unspecified atom stereocenters. The lowest BCUT2D eigenvalue weighted by Gasteiger charge is -2.21. The Morgan fingerprint density at radius 2 is 2.32 bits per heavy atom. The van der Waals surface area contributed by atoms with Gasteiger partial charge in [-0.1, -0.05) is 0 Å². The van der Waals surface area contributed by atoms with Crippen LogP contribution in [0.4, 0.5) is 0 Å². The van der Waals surface area contributed by atoms with Crippen molar-refractivity contribution in [2.45, 2.75) is 18.6 Å². The summed E-state index contributed by atoms with van der Waals surface area (Å²) >= 11 is 3.19. The summed E-state index contributed by atoms with van der Waals surface area (Å²) in [5.41, 5.74) is 0.407. The van der Waals surface area contributed by atoms with E-state index in [1.165, 1.54) is 18.2 Å². The van der Waals surface area contributed by atoms with Crippen molar-refractivity contribution in [3.05, 3.63) is 28.5 Å². The Hall–Kier alpha value is -1.47. The predicted octanol–water partition coefficient (Wildman–Crippen LogP) is 1.16. The number of carbonyl (C=O) groups excluding carboxylic acids is 1. The van der Waals surface area contributed by atoms with Crippen LogP contribution < -0.4 is 0 Å². The lowest BCUT2D eigenvalue weighted by molar-refractivity contribution is -0.141. The summed E-state index contributed by atoms with van der Waals surface area (Å²) < 4.78 is 5.69. The molecular weight excluding hydrogens is 316 g/mol. The largest absolute Gasteiger partial charge is 0.480 e. The lowest BCUT2D eigenvalue weighted by atomic mass is 10.2. The number of carboxylic acids is 1. The summed E-state index contributed by atoms with van der Waals surface area (Å²) in [5.74, 6) is -1.34. The number of rotatable bonds is 3. The predicted molar refractivity (Wildman–Crippen MR) is 69.8 cm³/mol. The summed E-state index contributed by atoms with van der Waals surface area (Å²) in [5, 5.41) is 9.18. The Morgan fingerprint density at radius 1 is 1.58 bits per heavy atom. The van der Waals surface area contributed by atoms with Crippen LogP contribution in [-0.4, -0.2) is 52.7 Å². The third-order valence-electron chi connectivity index (χ3n) is 3.12. The van der Waals surface area contributed by atoms with Crippen molar-refractivity contribution in [2.75, 3.05) is 13.7 Å². The van der Waals surface area contributed by atoms with Crippen molar-refractivity contribution in [1.82, 2.24) is 9.88 Å². The van der Waals surface area contributed by atoms with Gasteiger partial charge in [-0.05, 0) is 28.1 Å². The molecule has 1 aliphatic heterocycles. The molecule has 2 heterocycles. The summed E-state index contributed by atoms with van der Waals surface area (Å²) in [4.78, 5) is 28.8. The molecule has 7 heteroatoms. The highest BCUT2D eigenvalue weighted by molar-refractivity contribution is 9.10. The minimum Gasteiger partial charge on any atom is -0.480 e. The molecule has 102 valence electrons. The number of hydrogen-bond acceptors (Lipinski definition) is 4. The van der Waals surface area contributed by atoms with E-state index in [9.17, 15) is 14.7 Å². The van der Waals surface area contributed by atoms with Gasteiger partial charge in [0.05, 0.1) is 6.10 Å². The maximum atomic E-state index is 12.3. The first kappa shape index (κ1) is 14.0. The van der Waals surface area contributed by atoms with Crippen LogP contribution in [0.5, 0.6) is 0 Å². The van der Waals surface area contributed by atoms with E-state index in [1.54, 1.807) is 12.1 Å². The third kappa shape index (κ3) is 2.93. The summed E-state index contributed by atoms with van der Waals surface area (Å²) in [6.45, 7) is 0.284.